The molecule has 0 fully saturated rings. The predicted molar refractivity (Wildman–Crippen MR) is 131 cm³/mol. The smallest absolute Gasteiger partial charge is 0.308 e. The quantitative estimate of drug-likeness (QED) is 0.347. The first kappa shape index (κ1) is 24.5. The number of rotatable bonds is 8. The second-order valence-corrected chi connectivity index (χ2v) is 8.09. The molecule has 1 atom stereocenters. The number of nitrogens with one attached hydrogen (secondary N) is 2. The zero-order valence-corrected chi connectivity index (χ0v) is 19.6. The predicted octanol–water partition coefficient (Wildman–Crippen LogP) is 5.39. The largest absolute Gasteiger partial charge is 0.481 e. The SMILES string of the molecule is CC(=O)Oc1cccc(C(=O)Nc2ccc(NC(=O)C(C)Oc3ccccc3C(C)C)cc2)c1. The Bertz CT molecular complexity index is 1170. The number of esters is 1. The third-order valence-corrected chi connectivity index (χ3v) is 4.98. The summed E-state index contributed by atoms with van der Waals surface area (Å²) < 4.78 is 10.9. The Morgan fingerprint density at radius 2 is 1.44 bits per heavy atom. The average Bonchev–Trinajstić information content (AvgIpc) is 2.80. The number of hydrogen-bond donors (Lipinski definition) is 2. The molecule has 7 heteroatoms. The van der Waals surface area contributed by atoms with Gasteiger partial charge in [0.2, 0.25) is 0 Å². The zero-order chi connectivity index (χ0) is 24.7. The summed E-state index contributed by atoms with van der Waals surface area (Å²) in [5.41, 5.74) is 2.52. The molecule has 0 spiro atoms. The van der Waals surface area contributed by atoms with Crippen molar-refractivity contribution in [2.75, 3.05) is 10.6 Å². The Morgan fingerprint density at radius 3 is 2.09 bits per heavy atom. The van der Waals surface area contributed by atoms with Crippen LogP contribution in [0.25, 0.3) is 0 Å². The van der Waals surface area contributed by atoms with E-state index < -0.39 is 12.1 Å². The molecule has 2 amide bonds. The van der Waals surface area contributed by atoms with E-state index in [-0.39, 0.29) is 17.7 Å². The van der Waals surface area contributed by atoms with Gasteiger partial charge in [-0.3, -0.25) is 14.4 Å². The van der Waals surface area contributed by atoms with Gasteiger partial charge >= 0.3 is 5.97 Å². The molecule has 0 radical (unpaired) electrons. The molecule has 0 aliphatic heterocycles. The van der Waals surface area contributed by atoms with Crippen LogP contribution in [0, 0.1) is 0 Å². The van der Waals surface area contributed by atoms with Gasteiger partial charge in [0.05, 0.1) is 0 Å². The molecule has 0 aliphatic carbocycles. The van der Waals surface area contributed by atoms with Gasteiger partial charge in [-0.25, -0.2) is 0 Å². The van der Waals surface area contributed by atoms with Crippen molar-refractivity contribution in [3.8, 4) is 11.5 Å². The summed E-state index contributed by atoms with van der Waals surface area (Å²) in [5, 5.41) is 5.60. The third-order valence-electron chi connectivity index (χ3n) is 4.98. The first-order valence-electron chi connectivity index (χ1n) is 11.0. The Labute approximate surface area is 199 Å². The van der Waals surface area contributed by atoms with Crippen molar-refractivity contribution in [3.63, 3.8) is 0 Å². The van der Waals surface area contributed by atoms with E-state index in [1.165, 1.54) is 13.0 Å². The molecule has 0 heterocycles. The maximum atomic E-state index is 12.6. The highest BCUT2D eigenvalue weighted by molar-refractivity contribution is 6.04. The Hall–Kier alpha value is -4.13. The number of hydrogen-bond acceptors (Lipinski definition) is 5. The Morgan fingerprint density at radius 1 is 0.794 bits per heavy atom. The van der Waals surface area contributed by atoms with Crippen LogP contribution in [-0.2, 0) is 9.59 Å². The molecule has 3 rings (SSSR count). The van der Waals surface area contributed by atoms with Crippen molar-refractivity contribution in [1.29, 1.82) is 0 Å². The van der Waals surface area contributed by atoms with E-state index in [0.717, 1.165) is 5.56 Å². The van der Waals surface area contributed by atoms with Crippen molar-refractivity contribution in [2.24, 2.45) is 0 Å². The minimum atomic E-state index is -0.691. The van der Waals surface area contributed by atoms with Crippen LogP contribution in [0.1, 0.15) is 49.5 Å². The minimum absolute atomic E-state index is 0.276. The van der Waals surface area contributed by atoms with E-state index >= 15 is 0 Å². The van der Waals surface area contributed by atoms with Gasteiger partial charge < -0.3 is 20.1 Å². The third kappa shape index (κ3) is 6.68. The van der Waals surface area contributed by atoms with Crippen LogP contribution in [0.3, 0.4) is 0 Å². The number of anilines is 2. The van der Waals surface area contributed by atoms with Crippen molar-refractivity contribution >= 4 is 29.2 Å². The first-order valence-corrected chi connectivity index (χ1v) is 11.0. The van der Waals surface area contributed by atoms with Crippen molar-refractivity contribution in [1.82, 2.24) is 0 Å². The second kappa shape index (κ2) is 11.1. The van der Waals surface area contributed by atoms with Crippen LogP contribution < -0.4 is 20.1 Å². The summed E-state index contributed by atoms with van der Waals surface area (Å²) in [7, 11) is 0. The van der Waals surface area contributed by atoms with E-state index in [4.69, 9.17) is 9.47 Å². The first-order chi connectivity index (χ1) is 16.2. The normalized spacial score (nSPS) is 11.4. The van der Waals surface area contributed by atoms with Gasteiger partial charge in [0.25, 0.3) is 11.8 Å². The Kier molecular flexibility index (Phi) is 8.03. The number of para-hydroxylation sites is 1. The summed E-state index contributed by atoms with van der Waals surface area (Å²) in [5.74, 6) is 0.174. The highest BCUT2D eigenvalue weighted by Gasteiger charge is 2.17. The van der Waals surface area contributed by atoms with Gasteiger partial charge in [0, 0.05) is 23.9 Å². The lowest BCUT2D eigenvalue weighted by atomic mass is 10.0. The summed E-state index contributed by atoms with van der Waals surface area (Å²) in [6.07, 6.45) is -0.691. The summed E-state index contributed by atoms with van der Waals surface area (Å²) in [4.78, 5) is 36.2. The second-order valence-electron chi connectivity index (χ2n) is 8.09. The van der Waals surface area contributed by atoms with Crippen LogP contribution in [0.5, 0.6) is 11.5 Å². The number of amides is 2. The average molecular weight is 461 g/mol. The van der Waals surface area contributed by atoms with E-state index in [0.29, 0.717) is 28.4 Å². The summed E-state index contributed by atoms with van der Waals surface area (Å²) in [6.45, 7) is 7.14. The van der Waals surface area contributed by atoms with Crippen molar-refractivity contribution in [3.05, 3.63) is 83.9 Å². The van der Waals surface area contributed by atoms with Gasteiger partial charge in [0.15, 0.2) is 6.10 Å². The van der Waals surface area contributed by atoms with Gasteiger partial charge in [-0.1, -0.05) is 38.1 Å². The van der Waals surface area contributed by atoms with Crippen LogP contribution in [-0.4, -0.2) is 23.9 Å². The molecule has 0 aromatic heterocycles. The highest BCUT2D eigenvalue weighted by atomic mass is 16.5. The summed E-state index contributed by atoms with van der Waals surface area (Å²) in [6, 6.07) is 20.8. The lowest BCUT2D eigenvalue weighted by Crippen LogP contribution is -2.30. The van der Waals surface area contributed by atoms with Crippen LogP contribution in [0.15, 0.2) is 72.8 Å². The van der Waals surface area contributed by atoms with E-state index in [1.54, 1.807) is 49.4 Å². The topological polar surface area (TPSA) is 93.7 Å². The molecule has 0 saturated heterocycles. The molecule has 3 aromatic rings. The summed E-state index contributed by atoms with van der Waals surface area (Å²) >= 11 is 0. The molecule has 0 saturated carbocycles. The minimum Gasteiger partial charge on any atom is -0.481 e. The maximum absolute atomic E-state index is 12.6. The van der Waals surface area contributed by atoms with E-state index in [9.17, 15) is 14.4 Å². The van der Waals surface area contributed by atoms with Crippen molar-refractivity contribution in [2.45, 2.75) is 39.7 Å². The molecule has 0 bridgehead atoms. The fourth-order valence-electron chi connectivity index (χ4n) is 3.26. The number of benzene rings is 3. The van der Waals surface area contributed by atoms with E-state index in [2.05, 4.69) is 24.5 Å². The van der Waals surface area contributed by atoms with Crippen LogP contribution in [0.2, 0.25) is 0 Å². The van der Waals surface area contributed by atoms with E-state index in [1.807, 2.05) is 24.3 Å². The van der Waals surface area contributed by atoms with Crippen LogP contribution in [0.4, 0.5) is 11.4 Å². The van der Waals surface area contributed by atoms with Gasteiger partial charge in [0.1, 0.15) is 11.5 Å². The molecule has 2 N–H and O–H groups in total. The van der Waals surface area contributed by atoms with Gasteiger partial charge in [-0.15, -0.1) is 0 Å². The van der Waals surface area contributed by atoms with Gasteiger partial charge in [-0.2, -0.15) is 0 Å². The fourth-order valence-corrected chi connectivity index (χ4v) is 3.26. The molecular weight excluding hydrogens is 432 g/mol. The lowest BCUT2D eigenvalue weighted by Gasteiger charge is -2.18. The zero-order valence-electron chi connectivity index (χ0n) is 19.6. The number of carbonyl (C=O) groups is 3. The van der Waals surface area contributed by atoms with Gasteiger partial charge in [-0.05, 0) is 66.9 Å². The van der Waals surface area contributed by atoms with Crippen LogP contribution >= 0.6 is 0 Å². The lowest BCUT2D eigenvalue weighted by molar-refractivity contribution is -0.131. The molecule has 34 heavy (non-hydrogen) atoms. The maximum Gasteiger partial charge on any atom is 0.308 e. The highest BCUT2D eigenvalue weighted by Crippen LogP contribution is 2.27. The molecule has 0 aliphatic rings. The number of carbonyl (C=O) groups excluding carboxylic acids is 3. The molecular formula is C27H28N2O5. The standard InChI is InChI=1S/C27H28N2O5/c1-17(2)24-10-5-6-11-25(24)33-18(3)26(31)28-21-12-14-22(15-13-21)29-27(32)20-8-7-9-23(16-20)34-19(4)30/h5-18H,1-4H3,(H,28,31)(H,29,32). The molecule has 1 unspecified atom stereocenters. The Balaban J connectivity index is 1.59. The molecule has 176 valence electrons. The molecule has 3 aromatic carbocycles. The number of ether oxygens (including phenoxy) is 2. The molecule has 7 nitrogen and oxygen atoms in total. The van der Waals surface area contributed by atoms with Crippen molar-refractivity contribution < 1.29 is 23.9 Å². The fraction of sp³-hybridized carbons (Fsp3) is 0.222. The monoisotopic (exact) mass is 460 g/mol.